The van der Waals surface area contributed by atoms with Gasteiger partial charge in [-0.05, 0) is 49.2 Å². The molecule has 0 radical (unpaired) electrons. The Morgan fingerprint density at radius 3 is 2.10 bits per heavy atom. The van der Waals surface area contributed by atoms with Crippen molar-refractivity contribution < 1.29 is 36.3 Å². The van der Waals surface area contributed by atoms with Crippen molar-refractivity contribution in [3.8, 4) is 0 Å². The van der Waals surface area contributed by atoms with Crippen LogP contribution in [0, 0.1) is 0 Å². The molecular formula is C17H14ClF3N2O5S. The molecule has 0 saturated heterocycles. The molecule has 156 valence electrons. The lowest BCUT2D eigenvalue weighted by atomic mass is 10.2. The SMILES string of the molecule is NC(=O)c1cc(C(F)(F)F)ccn1.O=C(O)C1(S(=O)(=O)c2ccc(Cl)cc2)CC1. The van der Waals surface area contributed by atoms with E-state index >= 15 is 0 Å². The van der Waals surface area contributed by atoms with Gasteiger partial charge in [-0.2, -0.15) is 13.2 Å². The average molecular weight is 451 g/mol. The molecule has 3 N–H and O–H groups in total. The van der Waals surface area contributed by atoms with Gasteiger partial charge in [0.2, 0.25) is 0 Å². The number of carbonyl (C=O) groups is 2. The van der Waals surface area contributed by atoms with E-state index in [1.807, 2.05) is 0 Å². The van der Waals surface area contributed by atoms with Crippen molar-refractivity contribution in [2.45, 2.75) is 28.7 Å². The Bertz CT molecular complexity index is 1040. The van der Waals surface area contributed by atoms with Gasteiger partial charge in [0.25, 0.3) is 5.91 Å². The Labute approximate surface area is 168 Å². The number of nitrogens with zero attached hydrogens (tertiary/aromatic N) is 1. The minimum atomic E-state index is -4.48. The van der Waals surface area contributed by atoms with Gasteiger partial charge in [-0.25, -0.2) is 8.42 Å². The summed E-state index contributed by atoms with van der Waals surface area (Å²) in [5, 5.41) is 9.37. The first-order chi connectivity index (χ1) is 13.3. The van der Waals surface area contributed by atoms with Gasteiger partial charge in [0.1, 0.15) is 5.69 Å². The summed E-state index contributed by atoms with van der Waals surface area (Å²) in [6, 6.07) is 6.93. The molecule has 1 amide bonds. The van der Waals surface area contributed by atoms with Gasteiger partial charge >= 0.3 is 12.1 Å². The van der Waals surface area contributed by atoms with Crippen molar-refractivity contribution in [2.24, 2.45) is 5.73 Å². The van der Waals surface area contributed by atoms with Crippen molar-refractivity contribution in [3.63, 3.8) is 0 Å². The van der Waals surface area contributed by atoms with E-state index in [0.29, 0.717) is 11.1 Å². The van der Waals surface area contributed by atoms with Gasteiger partial charge in [-0.1, -0.05) is 11.6 Å². The van der Waals surface area contributed by atoms with Crippen LogP contribution in [0.4, 0.5) is 13.2 Å². The summed E-state index contributed by atoms with van der Waals surface area (Å²) in [6.07, 6.45) is -3.24. The Balaban J connectivity index is 0.000000212. The summed E-state index contributed by atoms with van der Waals surface area (Å²) in [4.78, 5) is 24.8. The van der Waals surface area contributed by atoms with Crippen LogP contribution >= 0.6 is 11.6 Å². The highest BCUT2D eigenvalue weighted by Gasteiger charge is 2.61. The predicted octanol–water partition coefficient (Wildman–Crippen LogP) is 2.93. The summed E-state index contributed by atoms with van der Waals surface area (Å²) in [5.41, 5.74) is 3.43. The molecule has 0 aliphatic heterocycles. The van der Waals surface area contributed by atoms with E-state index in [1.165, 1.54) is 24.3 Å². The van der Waals surface area contributed by atoms with Crippen molar-refractivity contribution in [1.82, 2.24) is 4.98 Å². The third kappa shape index (κ3) is 4.85. The molecule has 29 heavy (non-hydrogen) atoms. The number of carbonyl (C=O) groups excluding carboxylic acids is 1. The number of rotatable bonds is 4. The minimum absolute atomic E-state index is 0.0109. The molecule has 0 spiro atoms. The molecule has 3 rings (SSSR count). The van der Waals surface area contributed by atoms with Crippen LogP contribution in [0.1, 0.15) is 28.9 Å². The standard InChI is InChI=1S/C10H9ClO4S.C7H5F3N2O/c11-7-1-3-8(4-2-7)16(14,15)10(5-6-10)9(12)13;8-7(9,10)4-1-2-12-5(3-4)6(11)13/h1-4H,5-6H2,(H,12,13);1-3H,(H2,11,13). The molecule has 0 unspecified atom stereocenters. The first-order valence-corrected chi connectivity index (χ1v) is 9.74. The molecule has 2 aromatic rings. The smallest absolute Gasteiger partial charge is 0.416 e. The van der Waals surface area contributed by atoms with Crippen LogP contribution in [0.5, 0.6) is 0 Å². The average Bonchev–Trinajstić information content (AvgIpc) is 3.45. The van der Waals surface area contributed by atoms with Gasteiger partial charge in [-0.3, -0.25) is 14.6 Å². The number of benzene rings is 1. The van der Waals surface area contributed by atoms with Crippen LogP contribution in [0.3, 0.4) is 0 Å². The van der Waals surface area contributed by atoms with Crippen molar-refractivity contribution in [3.05, 3.63) is 58.9 Å². The summed E-state index contributed by atoms with van der Waals surface area (Å²) in [6.45, 7) is 0. The topological polar surface area (TPSA) is 127 Å². The van der Waals surface area contributed by atoms with Crippen molar-refractivity contribution in [1.29, 1.82) is 0 Å². The highest BCUT2D eigenvalue weighted by atomic mass is 35.5. The number of carboxylic acids is 1. The number of amides is 1. The Kier molecular flexibility index (Phi) is 6.24. The number of pyridine rings is 1. The second-order valence-electron chi connectivity index (χ2n) is 6.05. The maximum atomic E-state index is 12.1. The molecule has 0 bridgehead atoms. The van der Waals surface area contributed by atoms with E-state index in [0.717, 1.165) is 12.3 Å². The fourth-order valence-electron chi connectivity index (χ4n) is 2.29. The number of primary amides is 1. The molecule has 1 saturated carbocycles. The summed E-state index contributed by atoms with van der Waals surface area (Å²) >= 11 is 5.64. The normalized spacial score (nSPS) is 15.0. The lowest BCUT2D eigenvalue weighted by Gasteiger charge is -2.11. The summed E-state index contributed by atoms with van der Waals surface area (Å²) in [7, 11) is -3.80. The Morgan fingerprint density at radius 2 is 1.69 bits per heavy atom. The Hall–Kier alpha value is -2.66. The largest absolute Gasteiger partial charge is 0.480 e. The minimum Gasteiger partial charge on any atom is -0.480 e. The van der Waals surface area contributed by atoms with Gasteiger partial charge in [0.15, 0.2) is 14.6 Å². The van der Waals surface area contributed by atoms with Crippen LogP contribution in [0.2, 0.25) is 5.02 Å². The molecule has 12 heteroatoms. The van der Waals surface area contributed by atoms with Crippen LogP contribution in [0.15, 0.2) is 47.5 Å². The third-order valence-electron chi connectivity index (χ3n) is 4.07. The van der Waals surface area contributed by atoms with E-state index in [9.17, 15) is 31.2 Å². The van der Waals surface area contributed by atoms with Crippen LogP contribution in [0.25, 0.3) is 0 Å². The fourth-order valence-corrected chi connectivity index (χ4v) is 4.23. The zero-order valence-corrected chi connectivity index (χ0v) is 16.1. The molecule has 1 aromatic carbocycles. The summed E-state index contributed by atoms with van der Waals surface area (Å²) in [5.74, 6) is -2.26. The number of aliphatic carboxylic acids is 1. The highest BCUT2D eigenvalue weighted by molar-refractivity contribution is 7.94. The fraction of sp³-hybridized carbons (Fsp3) is 0.235. The van der Waals surface area contributed by atoms with E-state index < -0.39 is 43.9 Å². The van der Waals surface area contributed by atoms with Gasteiger partial charge in [-0.15, -0.1) is 0 Å². The number of hydrogen-bond donors (Lipinski definition) is 2. The third-order valence-corrected chi connectivity index (χ3v) is 6.83. The molecular weight excluding hydrogens is 437 g/mol. The second-order valence-corrected chi connectivity index (χ2v) is 8.74. The Morgan fingerprint density at radius 1 is 1.14 bits per heavy atom. The monoisotopic (exact) mass is 450 g/mol. The zero-order chi connectivity index (χ0) is 22.0. The molecule has 1 fully saturated rings. The first-order valence-electron chi connectivity index (χ1n) is 7.88. The zero-order valence-electron chi connectivity index (χ0n) is 14.5. The van der Waals surface area contributed by atoms with Crippen molar-refractivity contribution in [2.75, 3.05) is 0 Å². The lowest BCUT2D eigenvalue weighted by molar-refractivity contribution is -0.138. The number of halogens is 4. The molecule has 1 heterocycles. The maximum Gasteiger partial charge on any atom is 0.416 e. The number of aromatic nitrogens is 1. The number of nitrogens with two attached hydrogens (primary N) is 1. The van der Waals surface area contributed by atoms with Gasteiger partial charge < -0.3 is 10.8 Å². The van der Waals surface area contributed by atoms with Gasteiger partial charge in [0.05, 0.1) is 10.5 Å². The van der Waals surface area contributed by atoms with Crippen LogP contribution < -0.4 is 5.73 Å². The van der Waals surface area contributed by atoms with E-state index in [1.54, 1.807) is 0 Å². The first kappa shape index (κ1) is 22.6. The summed E-state index contributed by atoms with van der Waals surface area (Å²) < 4.78 is 58.6. The van der Waals surface area contributed by atoms with Crippen LogP contribution in [-0.4, -0.2) is 35.1 Å². The van der Waals surface area contributed by atoms with E-state index in [4.69, 9.17) is 22.4 Å². The van der Waals surface area contributed by atoms with E-state index in [2.05, 4.69) is 4.98 Å². The number of carboxylic acid groups (broad SMARTS) is 1. The number of alkyl halides is 3. The maximum absolute atomic E-state index is 12.1. The van der Waals surface area contributed by atoms with Gasteiger partial charge in [0, 0.05) is 11.2 Å². The van der Waals surface area contributed by atoms with Crippen molar-refractivity contribution >= 4 is 33.3 Å². The quantitative estimate of drug-likeness (QED) is 0.737. The van der Waals surface area contributed by atoms with E-state index in [-0.39, 0.29) is 17.7 Å². The second kappa shape index (κ2) is 7.99. The molecule has 1 aliphatic rings. The molecule has 7 nitrogen and oxygen atoms in total. The predicted molar refractivity (Wildman–Crippen MR) is 96.0 cm³/mol. The number of sulfone groups is 1. The molecule has 0 atom stereocenters. The van der Waals surface area contributed by atoms with Crippen LogP contribution in [-0.2, 0) is 20.8 Å². The number of hydrogen-bond acceptors (Lipinski definition) is 5. The molecule has 1 aliphatic carbocycles. The lowest BCUT2D eigenvalue weighted by Crippen LogP contribution is -2.32. The highest BCUT2D eigenvalue weighted by Crippen LogP contribution is 2.47. The molecule has 1 aromatic heterocycles.